The molecule has 0 bridgehead atoms. The van der Waals surface area contributed by atoms with Crippen molar-refractivity contribution in [3.8, 4) is 0 Å². The van der Waals surface area contributed by atoms with Crippen LogP contribution in [-0.4, -0.2) is 53.8 Å². The molecule has 2 atom stereocenters. The first-order chi connectivity index (χ1) is 14.1. The van der Waals surface area contributed by atoms with Crippen molar-refractivity contribution in [3.05, 3.63) is 48.0 Å². The van der Waals surface area contributed by atoms with E-state index in [1.165, 1.54) is 17.2 Å². The van der Waals surface area contributed by atoms with Gasteiger partial charge in [-0.25, -0.2) is 0 Å². The molecule has 2 aliphatic rings. The lowest BCUT2D eigenvalue weighted by atomic mass is 9.99. The topological polar surface area (TPSA) is 52.7 Å². The molecule has 4 rings (SSSR count). The van der Waals surface area contributed by atoms with Crippen molar-refractivity contribution in [1.29, 1.82) is 0 Å². The minimum absolute atomic E-state index is 0.0444. The van der Waals surface area contributed by atoms with Crippen molar-refractivity contribution >= 4 is 22.6 Å². The third kappa shape index (κ3) is 4.61. The fourth-order valence-electron chi connectivity index (χ4n) is 4.80. The molecule has 2 heterocycles. The zero-order chi connectivity index (χ0) is 20.2. The summed E-state index contributed by atoms with van der Waals surface area (Å²) >= 11 is 0. The second-order valence-electron chi connectivity index (χ2n) is 8.42. The van der Waals surface area contributed by atoms with E-state index in [2.05, 4.69) is 41.4 Å². The lowest BCUT2D eigenvalue weighted by Gasteiger charge is -2.37. The molecule has 5 nitrogen and oxygen atoms in total. The summed E-state index contributed by atoms with van der Waals surface area (Å²) in [7, 11) is 0. The lowest BCUT2D eigenvalue weighted by Crippen LogP contribution is -2.50. The van der Waals surface area contributed by atoms with E-state index in [-0.39, 0.29) is 17.9 Å². The average molecular weight is 394 g/mol. The van der Waals surface area contributed by atoms with Gasteiger partial charge in [0.25, 0.3) is 0 Å². The van der Waals surface area contributed by atoms with Gasteiger partial charge < -0.3 is 10.2 Å². The van der Waals surface area contributed by atoms with Crippen LogP contribution in [0.25, 0.3) is 10.8 Å². The van der Waals surface area contributed by atoms with Crippen molar-refractivity contribution in [1.82, 2.24) is 15.1 Å². The van der Waals surface area contributed by atoms with E-state index in [1.807, 2.05) is 23.1 Å². The minimum atomic E-state index is -0.0444. The summed E-state index contributed by atoms with van der Waals surface area (Å²) in [4.78, 5) is 29.1. The number of nitrogens with zero attached hydrogens (tertiary/aromatic N) is 2. The molecule has 2 aromatic carbocycles. The van der Waals surface area contributed by atoms with Gasteiger partial charge in [-0.3, -0.25) is 14.5 Å². The fraction of sp³-hybridized carbons (Fsp3) is 0.500. The van der Waals surface area contributed by atoms with Gasteiger partial charge in [0.1, 0.15) is 0 Å². The first-order valence-corrected chi connectivity index (χ1v) is 10.9. The van der Waals surface area contributed by atoms with E-state index in [0.717, 1.165) is 44.5 Å². The molecule has 2 saturated heterocycles. The highest BCUT2D eigenvalue weighted by Crippen LogP contribution is 2.24. The number of hydrogen-bond donors (Lipinski definition) is 1. The van der Waals surface area contributed by atoms with Gasteiger partial charge in [-0.05, 0) is 49.1 Å². The Bertz CT molecular complexity index is 876. The molecular formula is C24H31N3O2. The summed E-state index contributed by atoms with van der Waals surface area (Å²) in [6, 6.07) is 14.8. The van der Waals surface area contributed by atoms with E-state index >= 15 is 0 Å². The summed E-state index contributed by atoms with van der Waals surface area (Å²) in [5.41, 5.74) is 1.15. The van der Waals surface area contributed by atoms with E-state index in [0.29, 0.717) is 19.0 Å². The van der Waals surface area contributed by atoms with E-state index in [9.17, 15) is 9.59 Å². The molecule has 2 fully saturated rings. The second-order valence-corrected chi connectivity index (χ2v) is 8.42. The number of nitrogens with one attached hydrogen (secondary N) is 1. The Labute approximate surface area is 173 Å². The van der Waals surface area contributed by atoms with Crippen molar-refractivity contribution in [2.45, 2.75) is 51.1 Å². The molecule has 0 aromatic heterocycles. The number of hydrogen-bond acceptors (Lipinski definition) is 3. The second kappa shape index (κ2) is 8.95. The molecule has 0 radical (unpaired) electrons. The van der Waals surface area contributed by atoms with Crippen molar-refractivity contribution in [2.24, 2.45) is 0 Å². The van der Waals surface area contributed by atoms with Crippen molar-refractivity contribution in [3.63, 3.8) is 0 Å². The molecule has 2 aliphatic heterocycles. The number of fused-ring (bicyclic) bond motifs is 1. The Balaban J connectivity index is 1.39. The summed E-state index contributed by atoms with van der Waals surface area (Å²) < 4.78 is 0. The zero-order valence-corrected chi connectivity index (χ0v) is 17.3. The Morgan fingerprint density at radius 1 is 1.10 bits per heavy atom. The van der Waals surface area contributed by atoms with Gasteiger partial charge in [0.15, 0.2) is 0 Å². The van der Waals surface area contributed by atoms with E-state index in [1.54, 1.807) is 0 Å². The molecule has 1 N–H and O–H groups in total. The number of carbonyl (C=O) groups excluding carboxylic acids is 2. The number of piperidine rings is 1. The number of carbonyl (C=O) groups is 2. The van der Waals surface area contributed by atoms with Crippen molar-refractivity contribution < 1.29 is 9.59 Å². The standard InChI is InChI=1S/C24H31N3O2/c1-18(21-12-6-9-19-8-2-3-11-22(19)21)25-23(28)17-26-14-5-4-10-20(26)16-27-15-7-13-24(27)29/h2-3,6,8-9,11-12,18,20H,4-5,7,10,13-17H2,1H3,(H,25,28). The van der Waals surface area contributed by atoms with Crippen LogP contribution in [0.5, 0.6) is 0 Å². The first-order valence-electron chi connectivity index (χ1n) is 10.9. The zero-order valence-electron chi connectivity index (χ0n) is 17.3. The Kier molecular flexibility index (Phi) is 6.14. The van der Waals surface area contributed by atoms with Crippen LogP contribution in [-0.2, 0) is 9.59 Å². The molecule has 29 heavy (non-hydrogen) atoms. The van der Waals surface area contributed by atoms with Gasteiger partial charge in [0, 0.05) is 25.6 Å². The predicted octanol–water partition coefficient (Wildman–Crippen LogP) is 3.49. The normalized spacial score (nSPS) is 21.5. The van der Waals surface area contributed by atoms with Gasteiger partial charge in [-0.15, -0.1) is 0 Å². The fourth-order valence-corrected chi connectivity index (χ4v) is 4.80. The molecular weight excluding hydrogens is 362 g/mol. The van der Waals surface area contributed by atoms with Crippen LogP contribution in [0.1, 0.15) is 50.6 Å². The highest BCUT2D eigenvalue weighted by Gasteiger charge is 2.29. The molecule has 2 unspecified atom stereocenters. The van der Waals surface area contributed by atoms with Gasteiger partial charge in [0.2, 0.25) is 11.8 Å². The quantitative estimate of drug-likeness (QED) is 0.817. The maximum absolute atomic E-state index is 12.8. The highest BCUT2D eigenvalue weighted by atomic mass is 16.2. The third-order valence-corrected chi connectivity index (χ3v) is 6.37. The monoisotopic (exact) mass is 393 g/mol. The average Bonchev–Trinajstić information content (AvgIpc) is 3.13. The highest BCUT2D eigenvalue weighted by molar-refractivity contribution is 5.87. The predicted molar refractivity (Wildman–Crippen MR) is 116 cm³/mol. The van der Waals surface area contributed by atoms with Crippen LogP contribution >= 0.6 is 0 Å². The summed E-state index contributed by atoms with van der Waals surface area (Å²) in [6.45, 7) is 5.03. The minimum Gasteiger partial charge on any atom is -0.348 e. The van der Waals surface area contributed by atoms with Gasteiger partial charge >= 0.3 is 0 Å². The maximum Gasteiger partial charge on any atom is 0.234 e. The van der Waals surface area contributed by atoms with Crippen LogP contribution in [0.3, 0.4) is 0 Å². The number of amides is 2. The van der Waals surface area contributed by atoms with Crippen LogP contribution in [0.4, 0.5) is 0 Å². The molecule has 0 saturated carbocycles. The number of rotatable bonds is 6. The van der Waals surface area contributed by atoms with Crippen LogP contribution in [0.2, 0.25) is 0 Å². The molecule has 154 valence electrons. The smallest absolute Gasteiger partial charge is 0.234 e. The SMILES string of the molecule is CC(NC(=O)CN1CCCCC1CN1CCCC1=O)c1cccc2ccccc12. The van der Waals surface area contributed by atoms with Crippen LogP contribution < -0.4 is 5.32 Å². The summed E-state index contributed by atoms with van der Waals surface area (Å²) in [5.74, 6) is 0.328. The van der Waals surface area contributed by atoms with Gasteiger partial charge in [0.05, 0.1) is 12.6 Å². The number of likely N-dealkylation sites (tertiary alicyclic amines) is 2. The largest absolute Gasteiger partial charge is 0.348 e. The first kappa shape index (κ1) is 19.9. The third-order valence-electron chi connectivity index (χ3n) is 6.37. The Hall–Kier alpha value is -2.40. The Morgan fingerprint density at radius 2 is 1.93 bits per heavy atom. The van der Waals surface area contributed by atoms with Crippen LogP contribution in [0, 0.1) is 0 Å². The number of benzene rings is 2. The Morgan fingerprint density at radius 3 is 2.76 bits per heavy atom. The van der Waals surface area contributed by atoms with E-state index < -0.39 is 0 Å². The van der Waals surface area contributed by atoms with E-state index in [4.69, 9.17) is 0 Å². The van der Waals surface area contributed by atoms with Gasteiger partial charge in [-0.2, -0.15) is 0 Å². The summed E-state index contributed by atoms with van der Waals surface area (Å²) in [5, 5.41) is 5.58. The van der Waals surface area contributed by atoms with Crippen molar-refractivity contribution in [2.75, 3.05) is 26.2 Å². The molecule has 2 aromatic rings. The molecule has 2 amide bonds. The van der Waals surface area contributed by atoms with Crippen LogP contribution in [0.15, 0.2) is 42.5 Å². The molecule has 0 aliphatic carbocycles. The lowest BCUT2D eigenvalue weighted by molar-refractivity contribution is -0.128. The molecule has 5 heteroatoms. The maximum atomic E-state index is 12.8. The van der Waals surface area contributed by atoms with Gasteiger partial charge in [-0.1, -0.05) is 48.9 Å². The molecule has 0 spiro atoms. The summed E-state index contributed by atoms with van der Waals surface area (Å²) in [6.07, 6.45) is 5.01.